The predicted octanol–water partition coefficient (Wildman–Crippen LogP) is 2.59. The largest absolute Gasteiger partial charge is 0.380 e. The molecule has 1 heterocycles. The minimum Gasteiger partial charge on any atom is -0.380 e. The lowest BCUT2D eigenvalue weighted by Gasteiger charge is -2.11. The first-order valence-corrected chi connectivity index (χ1v) is 5.31. The molecule has 74 valence electrons. The fraction of sp³-hybridized carbons (Fsp3) is 0.300. The zero-order chi connectivity index (χ0) is 10.1. The Kier molecular flexibility index (Phi) is 2.46. The molecule has 1 aromatic rings. The molecule has 2 rings (SSSR count). The second kappa shape index (κ2) is 3.61. The van der Waals surface area contributed by atoms with Gasteiger partial charge in [0.1, 0.15) is 0 Å². The zero-order valence-electron chi connectivity index (χ0n) is 7.80. The van der Waals surface area contributed by atoms with E-state index in [-0.39, 0.29) is 11.9 Å². The number of para-hydroxylation sites is 1. The van der Waals surface area contributed by atoms with Crippen molar-refractivity contribution in [1.82, 2.24) is 0 Å². The fourth-order valence-electron chi connectivity index (χ4n) is 1.56. The van der Waals surface area contributed by atoms with E-state index in [2.05, 4.69) is 26.6 Å². The molecule has 0 aromatic heterocycles. The number of rotatable bonds is 0. The number of fused-ring (bicyclic) bond motifs is 1. The summed E-state index contributed by atoms with van der Waals surface area (Å²) in [6.07, 6.45) is 0.501. The third-order valence-corrected chi connectivity index (χ3v) is 2.83. The Morgan fingerprint density at radius 2 is 2.29 bits per heavy atom. The van der Waals surface area contributed by atoms with Crippen LogP contribution in [0.25, 0.3) is 0 Å². The van der Waals surface area contributed by atoms with Gasteiger partial charge in [0.05, 0.1) is 11.4 Å². The molecule has 1 unspecified atom stereocenters. The highest BCUT2D eigenvalue weighted by atomic mass is 79.9. The lowest BCUT2D eigenvalue weighted by molar-refractivity contribution is -0.116. The Hall–Kier alpha value is -1.03. The van der Waals surface area contributed by atoms with Gasteiger partial charge in [0.15, 0.2) is 0 Å². The van der Waals surface area contributed by atoms with Gasteiger partial charge in [-0.1, -0.05) is 6.07 Å². The van der Waals surface area contributed by atoms with E-state index in [1.54, 1.807) is 0 Å². The molecule has 0 radical (unpaired) electrons. The fourth-order valence-corrected chi connectivity index (χ4v) is 2.02. The molecule has 3 nitrogen and oxygen atoms in total. The van der Waals surface area contributed by atoms with Crippen LogP contribution in [0.2, 0.25) is 0 Å². The first-order valence-electron chi connectivity index (χ1n) is 4.51. The molecule has 14 heavy (non-hydrogen) atoms. The maximum absolute atomic E-state index is 11.4. The highest BCUT2D eigenvalue weighted by Gasteiger charge is 2.18. The smallest absolute Gasteiger partial charge is 0.226 e. The molecule has 0 spiro atoms. The highest BCUT2D eigenvalue weighted by molar-refractivity contribution is 9.10. The van der Waals surface area contributed by atoms with Crippen molar-refractivity contribution in [1.29, 1.82) is 0 Å². The summed E-state index contributed by atoms with van der Waals surface area (Å²) in [6.45, 7) is 2.00. The maximum atomic E-state index is 11.4. The summed E-state index contributed by atoms with van der Waals surface area (Å²) in [5.74, 6) is 0.0515. The number of benzene rings is 1. The van der Waals surface area contributed by atoms with Crippen molar-refractivity contribution in [3.05, 3.63) is 22.7 Å². The number of hydrogen-bond donors (Lipinski definition) is 2. The van der Waals surface area contributed by atoms with Crippen LogP contribution in [-0.2, 0) is 4.79 Å². The molecule has 1 aromatic carbocycles. The van der Waals surface area contributed by atoms with Crippen molar-refractivity contribution in [3.8, 4) is 0 Å². The molecule has 2 N–H and O–H groups in total. The average Bonchev–Trinajstić information content (AvgIpc) is 2.23. The van der Waals surface area contributed by atoms with E-state index >= 15 is 0 Å². The summed E-state index contributed by atoms with van der Waals surface area (Å²) < 4.78 is 0.907. The summed E-state index contributed by atoms with van der Waals surface area (Å²) in [5.41, 5.74) is 1.81. The molecule has 0 fully saturated rings. The highest BCUT2D eigenvalue weighted by Crippen LogP contribution is 2.32. The minimum atomic E-state index is 0.0515. The summed E-state index contributed by atoms with van der Waals surface area (Å²) >= 11 is 3.41. The Bertz CT molecular complexity index is 378. The zero-order valence-corrected chi connectivity index (χ0v) is 9.39. The summed E-state index contributed by atoms with van der Waals surface area (Å²) in [7, 11) is 0. The van der Waals surface area contributed by atoms with Crippen LogP contribution in [0.15, 0.2) is 22.7 Å². The number of nitrogens with one attached hydrogen (secondary N) is 2. The molecule has 0 bridgehead atoms. The van der Waals surface area contributed by atoms with Crippen molar-refractivity contribution in [3.63, 3.8) is 0 Å². The molecule has 0 saturated carbocycles. The first kappa shape index (κ1) is 9.52. The van der Waals surface area contributed by atoms with Crippen molar-refractivity contribution < 1.29 is 4.79 Å². The number of halogens is 1. The Balaban J connectivity index is 2.46. The molecular formula is C10H11BrN2O. The first-order chi connectivity index (χ1) is 6.66. The van der Waals surface area contributed by atoms with Crippen LogP contribution in [0.5, 0.6) is 0 Å². The van der Waals surface area contributed by atoms with Gasteiger partial charge in [-0.15, -0.1) is 0 Å². The normalized spacial score (nSPS) is 20.4. The van der Waals surface area contributed by atoms with E-state index in [1.165, 1.54) is 0 Å². The molecular weight excluding hydrogens is 244 g/mol. The van der Waals surface area contributed by atoms with E-state index in [1.807, 2.05) is 25.1 Å². The second-order valence-electron chi connectivity index (χ2n) is 3.46. The van der Waals surface area contributed by atoms with Crippen molar-refractivity contribution in [2.24, 2.45) is 0 Å². The number of anilines is 2. The van der Waals surface area contributed by atoms with Crippen LogP contribution in [0, 0.1) is 0 Å². The number of carbonyl (C=O) groups excluding carboxylic acids is 1. The molecule has 1 aliphatic rings. The Morgan fingerprint density at radius 3 is 3.07 bits per heavy atom. The Morgan fingerprint density at radius 1 is 1.50 bits per heavy atom. The van der Waals surface area contributed by atoms with Gasteiger partial charge in [-0.25, -0.2) is 0 Å². The topological polar surface area (TPSA) is 41.1 Å². The van der Waals surface area contributed by atoms with Gasteiger partial charge in [0, 0.05) is 16.9 Å². The summed E-state index contributed by atoms with van der Waals surface area (Å²) in [6, 6.07) is 5.99. The lowest BCUT2D eigenvalue weighted by Crippen LogP contribution is -2.18. The third kappa shape index (κ3) is 1.75. The van der Waals surface area contributed by atoms with E-state index in [0.717, 1.165) is 15.8 Å². The monoisotopic (exact) mass is 254 g/mol. The quantitative estimate of drug-likeness (QED) is 0.748. The molecule has 4 heteroatoms. The Labute approximate surface area is 91.0 Å². The van der Waals surface area contributed by atoms with E-state index in [4.69, 9.17) is 0 Å². The predicted molar refractivity (Wildman–Crippen MR) is 60.5 cm³/mol. The third-order valence-electron chi connectivity index (χ3n) is 2.17. The average molecular weight is 255 g/mol. The summed E-state index contributed by atoms with van der Waals surface area (Å²) in [5, 5.41) is 6.15. The molecule has 1 atom stereocenters. The van der Waals surface area contributed by atoms with Crippen molar-refractivity contribution in [2.75, 3.05) is 10.6 Å². The minimum absolute atomic E-state index is 0.0515. The van der Waals surface area contributed by atoms with Crippen LogP contribution in [0.4, 0.5) is 11.4 Å². The van der Waals surface area contributed by atoms with Gasteiger partial charge in [0.2, 0.25) is 5.91 Å². The van der Waals surface area contributed by atoms with Crippen molar-refractivity contribution >= 4 is 33.2 Å². The van der Waals surface area contributed by atoms with E-state index in [0.29, 0.717) is 6.42 Å². The number of hydrogen-bond acceptors (Lipinski definition) is 2. The molecule has 1 amide bonds. The van der Waals surface area contributed by atoms with Gasteiger partial charge < -0.3 is 10.6 Å². The maximum Gasteiger partial charge on any atom is 0.226 e. The van der Waals surface area contributed by atoms with Crippen LogP contribution < -0.4 is 10.6 Å². The van der Waals surface area contributed by atoms with Gasteiger partial charge in [-0.2, -0.15) is 0 Å². The SMILES string of the molecule is CC1CC(=O)Nc2c(Br)cccc2N1. The van der Waals surface area contributed by atoms with E-state index < -0.39 is 0 Å². The van der Waals surface area contributed by atoms with Gasteiger partial charge in [0.25, 0.3) is 0 Å². The van der Waals surface area contributed by atoms with Crippen LogP contribution in [-0.4, -0.2) is 11.9 Å². The van der Waals surface area contributed by atoms with Gasteiger partial charge in [-0.05, 0) is 35.0 Å². The number of amides is 1. The standard InChI is InChI=1S/C10H11BrN2O/c1-6-5-9(14)13-10-7(11)3-2-4-8(10)12-6/h2-4,6,12H,5H2,1H3,(H,13,14). The second-order valence-corrected chi connectivity index (χ2v) is 4.31. The lowest BCUT2D eigenvalue weighted by atomic mass is 10.2. The van der Waals surface area contributed by atoms with E-state index in [9.17, 15) is 4.79 Å². The molecule has 0 saturated heterocycles. The van der Waals surface area contributed by atoms with Crippen LogP contribution in [0.3, 0.4) is 0 Å². The van der Waals surface area contributed by atoms with Crippen molar-refractivity contribution in [2.45, 2.75) is 19.4 Å². The number of carbonyl (C=O) groups is 1. The molecule has 0 aliphatic carbocycles. The van der Waals surface area contributed by atoms with Gasteiger partial charge >= 0.3 is 0 Å². The molecule has 1 aliphatic heterocycles. The van der Waals surface area contributed by atoms with Gasteiger partial charge in [-0.3, -0.25) is 4.79 Å². The summed E-state index contributed by atoms with van der Waals surface area (Å²) in [4.78, 5) is 11.4. The van der Waals surface area contributed by atoms with Crippen LogP contribution in [0.1, 0.15) is 13.3 Å². The van der Waals surface area contributed by atoms with Crippen LogP contribution >= 0.6 is 15.9 Å².